The van der Waals surface area contributed by atoms with Crippen LogP contribution in [0.4, 0.5) is 5.69 Å². The number of benzene rings is 1. The monoisotopic (exact) mass is 432 g/mol. The van der Waals surface area contributed by atoms with Crippen LogP contribution in [0.3, 0.4) is 0 Å². The Hall–Kier alpha value is -0.860. The van der Waals surface area contributed by atoms with Gasteiger partial charge in [-0.1, -0.05) is 47.2 Å². The fourth-order valence-electron chi connectivity index (χ4n) is 3.16. The Morgan fingerprint density at radius 1 is 1.15 bits per heavy atom. The quantitative estimate of drug-likeness (QED) is 0.523. The van der Waals surface area contributed by atoms with E-state index in [1.807, 2.05) is 18.7 Å². The lowest BCUT2D eigenvalue weighted by molar-refractivity contribution is -0.121. The summed E-state index contributed by atoms with van der Waals surface area (Å²) in [6.45, 7) is 5.34. The maximum absolute atomic E-state index is 12.8. The van der Waals surface area contributed by atoms with Crippen LogP contribution in [0.2, 0.25) is 10.0 Å². The molecule has 0 radical (unpaired) electrons. The summed E-state index contributed by atoms with van der Waals surface area (Å²) in [5, 5.41) is 0.202. The summed E-state index contributed by atoms with van der Waals surface area (Å²) in [5.74, 6) is -0.576. The zero-order valence-corrected chi connectivity index (χ0v) is 17.4. The Morgan fingerprint density at radius 3 is 2.31 bits per heavy atom. The van der Waals surface area contributed by atoms with Crippen LogP contribution in [0.5, 0.6) is 0 Å². The SMILES string of the molecule is C[C@@H]1CN(C(=S)S[C@@H]2CC(=O)N(c3cc(Cl)cc(Cl)c3)C2=O)C[C@@H](C)O1. The molecule has 0 unspecified atom stereocenters. The summed E-state index contributed by atoms with van der Waals surface area (Å²) in [6, 6.07) is 4.67. The zero-order valence-electron chi connectivity index (χ0n) is 14.3. The fraction of sp³-hybridized carbons (Fsp3) is 0.471. The van der Waals surface area contributed by atoms with Crippen LogP contribution in [-0.4, -0.2) is 51.6 Å². The summed E-state index contributed by atoms with van der Waals surface area (Å²) in [4.78, 5) is 28.4. The third kappa shape index (κ3) is 4.34. The molecule has 1 aromatic carbocycles. The van der Waals surface area contributed by atoms with Crippen molar-refractivity contribution in [1.29, 1.82) is 0 Å². The number of thiocarbonyl (C=S) groups is 1. The highest BCUT2D eigenvalue weighted by molar-refractivity contribution is 8.23. The minimum atomic E-state index is -0.541. The molecule has 140 valence electrons. The minimum Gasteiger partial charge on any atom is -0.372 e. The summed E-state index contributed by atoms with van der Waals surface area (Å²) in [5.41, 5.74) is 0.389. The average molecular weight is 433 g/mol. The molecule has 0 saturated carbocycles. The molecule has 2 saturated heterocycles. The van der Waals surface area contributed by atoms with Crippen molar-refractivity contribution < 1.29 is 14.3 Å². The maximum Gasteiger partial charge on any atom is 0.247 e. The van der Waals surface area contributed by atoms with Crippen LogP contribution in [0.15, 0.2) is 18.2 Å². The number of hydrogen-bond donors (Lipinski definition) is 0. The highest BCUT2D eigenvalue weighted by Crippen LogP contribution is 2.34. The number of rotatable bonds is 2. The van der Waals surface area contributed by atoms with Crippen LogP contribution in [0.25, 0.3) is 0 Å². The van der Waals surface area contributed by atoms with Gasteiger partial charge in [0, 0.05) is 29.6 Å². The Bertz CT molecular complexity index is 731. The van der Waals surface area contributed by atoms with Crippen LogP contribution >= 0.6 is 47.2 Å². The predicted molar refractivity (Wildman–Crippen MR) is 109 cm³/mol. The predicted octanol–water partition coefficient (Wildman–Crippen LogP) is 3.75. The number of halogens is 2. The molecule has 5 nitrogen and oxygen atoms in total. The molecule has 0 spiro atoms. The number of morpholine rings is 1. The van der Waals surface area contributed by atoms with E-state index < -0.39 is 5.25 Å². The summed E-state index contributed by atoms with van der Waals surface area (Å²) < 4.78 is 6.32. The first kappa shape index (κ1) is 19.9. The van der Waals surface area contributed by atoms with Crippen molar-refractivity contribution in [2.75, 3.05) is 18.0 Å². The first-order chi connectivity index (χ1) is 12.2. The van der Waals surface area contributed by atoms with Gasteiger partial charge >= 0.3 is 0 Å². The second-order valence-corrected chi connectivity index (χ2v) is 9.14. The van der Waals surface area contributed by atoms with Gasteiger partial charge in [-0.15, -0.1) is 0 Å². The van der Waals surface area contributed by atoms with Crippen LogP contribution < -0.4 is 4.90 Å². The van der Waals surface area contributed by atoms with E-state index in [0.29, 0.717) is 33.1 Å². The van der Waals surface area contributed by atoms with Gasteiger partial charge in [0.15, 0.2) is 0 Å². The van der Waals surface area contributed by atoms with E-state index in [1.165, 1.54) is 11.8 Å². The van der Waals surface area contributed by atoms with Crippen LogP contribution in [0, 0.1) is 0 Å². The van der Waals surface area contributed by atoms with E-state index >= 15 is 0 Å². The highest BCUT2D eigenvalue weighted by Gasteiger charge is 2.41. The van der Waals surface area contributed by atoms with Crippen molar-refractivity contribution in [2.24, 2.45) is 0 Å². The molecule has 9 heteroatoms. The third-order valence-corrected chi connectivity index (χ3v) is 6.23. The van der Waals surface area contributed by atoms with E-state index in [2.05, 4.69) is 0 Å². The number of thioether (sulfide) groups is 1. The summed E-state index contributed by atoms with van der Waals surface area (Å²) in [6.07, 6.45) is 0.245. The van der Waals surface area contributed by atoms with Gasteiger partial charge in [0.05, 0.1) is 17.9 Å². The highest BCUT2D eigenvalue weighted by atomic mass is 35.5. The smallest absolute Gasteiger partial charge is 0.247 e. The van der Waals surface area contributed by atoms with Crippen molar-refractivity contribution in [3.63, 3.8) is 0 Å². The van der Waals surface area contributed by atoms with Gasteiger partial charge in [-0.2, -0.15) is 0 Å². The normalized spacial score (nSPS) is 26.5. The van der Waals surface area contributed by atoms with Crippen molar-refractivity contribution in [1.82, 2.24) is 4.90 Å². The van der Waals surface area contributed by atoms with E-state index in [1.54, 1.807) is 18.2 Å². The summed E-state index contributed by atoms with van der Waals surface area (Å²) in [7, 11) is 0. The lowest BCUT2D eigenvalue weighted by atomic mass is 10.2. The maximum atomic E-state index is 12.8. The number of ether oxygens (including phenoxy) is 1. The first-order valence-corrected chi connectivity index (χ1v) is 10.2. The number of amides is 2. The van der Waals surface area contributed by atoms with Gasteiger partial charge in [0.1, 0.15) is 9.57 Å². The topological polar surface area (TPSA) is 49.9 Å². The molecule has 2 aliphatic rings. The van der Waals surface area contributed by atoms with E-state index in [-0.39, 0.29) is 30.4 Å². The van der Waals surface area contributed by atoms with Gasteiger partial charge < -0.3 is 9.64 Å². The molecule has 26 heavy (non-hydrogen) atoms. The largest absolute Gasteiger partial charge is 0.372 e. The number of nitrogens with zero attached hydrogens (tertiary/aromatic N) is 2. The van der Waals surface area contributed by atoms with Gasteiger partial charge in [-0.3, -0.25) is 9.59 Å². The fourth-order valence-corrected chi connectivity index (χ4v) is 5.14. The molecule has 2 aliphatic heterocycles. The summed E-state index contributed by atoms with van der Waals surface area (Å²) >= 11 is 18.8. The first-order valence-electron chi connectivity index (χ1n) is 8.18. The number of carbonyl (C=O) groups excluding carboxylic acids is 2. The average Bonchev–Trinajstić information content (AvgIpc) is 2.79. The number of imide groups is 1. The molecule has 0 bridgehead atoms. The minimum absolute atomic E-state index is 0.0725. The molecular formula is C17H18Cl2N2O3S2. The molecule has 1 aromatic rings. The molecule has 0 N–H and O–H groups in total. The van der Waals surface area contributed by atoms with Gasteiger partial charge in [-0.05, 0) is 32.0 Å². The zero-order chi connectivity index (χ0) is 19.0. The van der Waals surface area contributed by atoms with E-state index in [9.17, 15) is 9.59 Å². The second-order valence-electron chi connectivity index (χ2n) is 6.43. The molecule has 0 aromatic heterocycles. The Morgan fingerprint density at radius 2 is 1.73 bits per heavy atom. The second kappa shape index (κ2) is 8.02. The lowest BCUT2D eigenvalue weighted by Crippen LogP contribution is -2.47. The Balaban J connectivity index is 1.71. The van der Waals surface area contributed by atoms with E-state index in [0.717, 1.165) is 4.90 Å². The van der Waals surface area contributed by atoms with E-state index in [4.69, 9.17) is 40.2 Å². The van der Waals surface area contributed by atoms with Crippen LogP contribution in [0.1, 0.15) is 20.3 Å². The van der Waals surface area contributed by atoms with Crippen molar-refractivity contribution >= 4 is 69.0 Å². The van der Waals surface area contributed by atoms with Crippen molar-refractivity contribution in [2.45, 2.75) is 37.7 Å². The number of hydrogen-bond acceptors (Lipinski definition) is 5. The molecule has 2 fully saturated rings. The van der Waals surface area contributed by atoms with Crippen LogP contribution in [-0.2, 0) is 14.3 Å². The molecule has 0 aliphatic carbocycles. The lowest BCUT2D eigenvalue weighted by Gasteiger charge is -2.36. The third-order valence-electron chi connectivity index (χ3n) is 4.13. The Labute approximate surface area is 171 Å². The number of carbonyl (C=O) groups is 2. The molecule has 3 rings (SSSR count). The van der Waals surface area contributed by atoms with Gasteiger partial charge in [0.2, 0.25) is 11.8 Å². The number of anilines is 1. The molecular weight excluding hydrogens is 415 g/mol. The van der Waals surface area contributed by atoms with Crippen molar-refractivity contribution in [3.05, 3.63) is 28.2 Å². The van der Waals surface area contributed by atoms with Gasteiger partial charge in [-0.25, -0.2) is 4.90 Å². The molecule has 3 atom stereocenters. The van der Waals surface area contributed by atoms with Gasteiger partial charge in [0.25, 0.3) is 0 Å². The standard InChI is InChI=1S/C17H18Cl2N2O3S2/c1-9-7-20(8-10(2)24-9)17(25)26-14-6-15(22)21(16(14)23)13-4-11(18)3-12(19)5-13/h3-5,9-10,14H,6-8H2,1-2H3/t9-,10-,14-/m1/s1. The molecule has 2 heterocycles. The molecule has 2 amide bonds. The Kier molecular flexibility index (Phi) is 6.14. The van der Waals surface area contributed by atoms with Crippen molar-refractivity contribution in [3.8, 4) is 0 Å².